The maximum Gasteiger partial charge on any atom is 0.190 e. The zero-order chi connectivity index (χ0) is 28.1. The summed E-state index contributed by atoms with van der Waals surface area (Å²) >= 11 is 0. The van der Waals surface area contributed by atoms with E-state index in [9.17, 15) is 4.79 Å². The minimum Gasteiger partial charge on any atom is -0.494 e. The third-order valence-corrected chi connectivity index (χ3v) is 16.4. The first-order valence-corrected chi connectivity index (χ1v) is 21.6. The van der Waals surface area contributed by atoms with Crippen molar-refractivity contribution >= 4 is 28.2 Å². The summed E-state index contributed by atoms with van der Waals surface area (Å²) in [6, 6.07) is 12.5. The number of rotatable bonds is 11. The summed E-state index contributed by atoms with van der Waals surface area (Å²) in [6.45, 7) is 14.1. The van der Waals surface area contributed by atoms with Gasteiger partial charge in [-0.25, -0.2) is 0 Å². The van der Waals surface area contributed by atoms with Gasteiger partial charge in [-0.1, -0.05) is 76.1 Å². The first kappa shape index (κ1) is 32.3. The van der Waals surface area contributed by atoms with E-state index in [1.165, 1.54) is 76.3 Å². The molecule has 39 heavy (non-hydrogen) atoms. The number of hydrogen-bond acceptors (Lipinski definition) is 4. The molecule has 2 fully saturated rings. The molecule has 3 rings (SSSR count). The minimum absolute atomic E-state index is 0.212. The molecule has 1 aromatic carbocycles. The molecule has 0 aromatic heterocycles. The Kier molecular flexibility index (Phi) is 13.5. The second kappa shape index (κ2) is 16.3. The van der Waals surface area contributed by atoms with Gasteiger partial charge in [0.1, 0.15) is 5.76 Å². The van der Waals surface area contributed by atoms with Crippen LogP contribution in [0.4, 0.5) is 0 Å². The Labute approximate surface area is 241 Å². The molecule has 2 saturated heterocycles. The van der Waals surface area contributed by atoms with E-state index < -0.39 is 16.6 Å². The Bertz CT molecular complexity index is 905. The van der Waals surface area contributed by atoms with Gasteiger partial charge in [-0.2, -0.15) is 0 Å². The van der Waals surface area contributed by atoms with Gasteiger partial charge in [-0.05, 0) is 82.9 Å². The van der Waals surface area contributed by atoms with E-state index in [1.54, 1.807) is 0 Å². The zero-order valence-electron chi connectivity index (χ0n) is 25.5. The second-order valence-electron chi connectivity index (χ2n) is 12.9. The van der Waals surface area contributed by atoms with Crippen LogP contribution in [0.2, 0.25) is 37.3 Å². The number of carbonyl (C=O) groups is 1. The summed E-state index contributed by atoms with van der Waals surface area (Å²) in [5.41, 5.74) is 1.67. The molecule has 0 aliphatic carbocycles. The highest BCUT2D eigenvalue weighted by Gasteiger charge is 2.32. The Morgan fingerprint density at radius 3 is 2.00 bits per heavy atom. The van der Waals surface area contributed by atoms with E-state index >= 15 is 0 Å². The molecule has 4 unspecified atom stereocenters. The Morgan fingerprint density at radius 1 is 0.846 bits per heavy atom. The average Bonchev–Trinajstić information content (AvgIpc) is 3.03. The van der Waals surface area contributed by atoms with Crippen molar-refractivity contribution in [1.82, 2.24) is 0 Å². The van der Waals surface area contributed by atoms with Crippen molar-refractivity contribution in [2.75, 3.05) is 6.61 Å². The van der Waals surface area contributed by atoms with Gasteiger partial charge in [0.15, 0.2) is 22.4 Å². The van der Waals surface area contributed by atoms with Crippen LogP contribution in [0.3, 0.4) is 0 Å². The van der Waals surface area contributed by atoms with E-state index in [1.807, 2.05) is 24.3 Å². The Hall–Kier alpha value is -1.22. The molecular weight excluding hydrogens is 517 g/mol. The van der Waals surface area contributed by atoms with Crippen LogP contribution in [-0.2, 0) is 13.6 Å². The van der Waals surface area contributed by atoms with Crippen LogP contribution in [0.15, 0.2) is 30.8 Å². The molecule has 220 valence electrons. The maximum atomic E-state index is 13.1. The predicted molar refractivity (Wildman–Crippen MR) is 169 cm³/mol. The van der Waals surface area contributed by atoms with Gasteiger partial charge >= 0.3 is 0 Å². The zero-order valence-corrected chi connectivity index (χ0v) is 27.5. The van der Waals surface area contributed by atoms with Crippen molar-refractivity contribution in [3.63, 3.8) is 0 Å². The molecule has 2 aliphatic heterocycles. The molecule has 2 heterocycles. The van der Waals surface area contributed by atoms with Gasteiger partial charge in [-0.15, -0.1) is 0 Å². The first-order chi connectivity index (χ1) is 18.7. The molecule has 6 heteroatoms. The quantitative estimate of drug-likeness (QED) is 0.115. The fraction of sp³-hybridized carbons (Fsp3) is 0.727. The lowest BCUT2D eigenvalue weighted by molar-refractivity contribution is 0.0981. The van der Waals surface area contributed by atoms with E-state index in [-0.39, 0.29) is 5.78 Å². The average molecular weight is 573 g/mol. The lowest BCUT2D eigenvalue weighted by atomic mass is 10.0. The SMILES string of the molecule is C=C(OCCC[Si]1(C)CCCCCCC(C)O1)c1cccc(C(=O)CCC[Si]2(C)CCCCCCC(C)O2)c1. The summed E-state index contributed by atoms with van der Waals surface area (Å²) in [4.78, 5) is 13.1. The molecule has 0 spiro atoms. The molecule has 0 bridgehead atoms. The minimum atomic E-state index is -1.75. The number of ether oxygens (including phenoxy) is 1. The summed E-state index contributed by atoms with van der Waals surface area (Å²) in [6.07, 6.45) is 16.1. The monoisotopic (exact) mass is 572 g/mol. The van der Waals surface area contributed by atoms with Crippen molar-refractivity contribution < 1.29 is 18.4 Å². The lowest BCUT2D eigenvalue weighted by Crippen LogP contribution is -2.37. The van der Waals surface area contributed by atoms with Crippen molar-refractivity contribution in [2.24, 2.45) is 0 Å². The van der Waals surface area contributed by atoms with Crippen molar-refractivity contribution in [2.45, 2.75) is 147 Å². The van der Waals surface area contributed by atoms with Gasteiger partial charge in [0.2, 0.25) is 0 Å². The lowest BCUT2D eigenvalue weighted by Gasteiger charge is -2.30. The fourth-order valence-electron chi connectivity index (χ4n) is 6.50. The summed E-state index contributed by atoms with van der Waals surface area (Å²) in [5.74, 6) is 0.872. The van der Waals surface area contributed by atoms with Crippen LogP contribution < -0.4 is 0 Å². The molecule has 0 amide bonds. The molecule has 0 radical (unpaired) electrons. The third-order valence-electron chi connectivity index (χ3n) is 8.85. The molecule has 2 aliphatic rings. The van der Waals surface area contributed by atoms with Gasteiger partial charge < -0.3 is 13.6 Å². The highest BCUT2D eigenvalue weighted by atomic mass is 28.4. The van der Waals surface area contributed by atoms with Crippen molar-refractivity contribution in [3.05, 3.63) is 42.0 Å². The molecule has 0 N–H and O–H groups in total. The van der Waals surface area contributed by atoms with Crippen LogP contribution >= 0.6 is 0 Å². The van der Waals surface area contributed by atoms with Crippen molar-refractivity contribution in [3.8, 4) is 0 Å². The highest BCUT2D eigenvalue weighted by molar-refractivity contribution is 6.72. The van der Waals surface area contributed by atoms with E-state index in [0.717, 1.165) is 36.1 Å². The molecule has 1 aromatic rings. The van der Waals surface area contributed by atoms with Crippen LogP contribution in [0.5, 0.6) is 0 Å². The number of benzene rings is 1. The largest absolute Gasteiger partial charge is 0.494 e. The number of Topliss-reactive ketones (excluding diaryl/α,β-unsaturated/α-hetero) is 1. The van der Waals surface area contributed by atoms with E-state index in [2.05, 4.69) is 33.5 Å². The summed E-state index contributed by atoms with van der Waals surface area (Å²) < 4.78 is 19.3. The number of ketones is 1. The molecular formula is C33H56O4Si2. The molecule has 4 atom stereocenters. The summed E-state index contributed by atoms with van der Waals surface area (Å²) in [7, 11) is -3.44. The van der Waals surface area contributed by atoms with Gasteiger partial charge in [-0.3, -0.25) is 4.79 Å². The molecule has 4 nitrogen and oxygen atoms in total. The van der Waals surface area contributed by atoms with Gasteiger partial charge in [0, 0.05) is 29.8 Å². The maximum absolute atomic E-state index is 13.1. The van der Waals surface area contributed by atoms with E-state index in [4.69, 9.17) is 13.6 Å². The molecule has 0 saturated carbocycles. The Balaban J connectivity index is 1.44. The number of carbonyl (C=O) groups excluding carboxylic acids is 1. The third kappa shape index (κ3) is 11.7. The predicted octanol–water partition coefficient (Wildman–Crippen LogP) is 9.92. The topological polar surface area (TPSA) is 44.8 Å². The first-order valence-electron chi connectivity index (χ1n) is 16.0. The summed E-state index contributed by atoms with van der Waals surface area (Å²) in [5, 5.41) is 0. The number of hydrogen-bond donors (Lipinski definition) is 0. The Morgan fingerprint density at radius 2 is 1.38 bits per heavy atom. The smallest absolute Gasteiger partial charge is 0.190 e. The van der Waals surface area contributed by atoms with Crippen LogP contribution in [0.25, 0.3) is 5.76 Å². The highest BCUT2D eigenvalue weighted by Crippen LogP contribution is 2.30. The van der Waals surface area contributed by atoms with Crippen LogP contribution in [-0.4, -0.2) is 41.2 Å². The second-order valence-corrected chi connectivity index (χ2v) is 21.2. The van der Waals surface area contributed by atoms with Crippen LogP contribution in [0, 0.1) is 0 Å². The van der Waals surface area contributed by atoms with Crippen LogP contribution in [0.1, 0.15) is 113 Å². The normalized spacial score (nSPS) is 29.1. The van der Waals surface area contributed by atoms with Crippen molar-refractivity contribution in [1.29, 1.82) is 0 Å². The van der Waals surface area contributed by atoms with E-state index in [0.29, 0.717) is 31.0 Å². The van der Waals surface area contributed by atoms with Gasteiger partial charge in [0.25, 0.3) is 0 Å². The van der Waals surface area contributed by atoms with Gasteiger partial charge in [0.05, 0.1) is 6.61 Å². The standard InChI is InChI=1S/C33H56O4Si2/c1-28-17-10-6-8-12-23-38(4,36-28)25-15-21-33(34)32-20-14-19-31(27-32)30(3)35-22-16-26-39(5)24-13-9-7-11-18-29(2)37-39/h14,19-20,27-29H,3,6-13,15-18,21-26H2,1-2,4-5H3. The fourth-order valence-corrected chi connectivity index (χ4v) is 13.5.